The fourth-order valence-electron chi connectivity index (χ4n) is 2.68. The molecular weight excluding hydrogens is 186 g/mol. The molecule has 1 aromatic rings. The zero-order chi connectivity index (χ0) is 10.1. The van der Waals surface area contributed by atoms with Crippen LogP contribution in [-0.2, 0) is 4.84 Å². The average molecular weight is 201 g/mol. The van der Waals surface area contributed by atoms with E-state index in [1.54, 1.807) is 0 Å². The van der Waals surface area contributed by atoms with Gasteiger partial charge in [-0.1, -0.05) is 41.9 Å². The number of hydrogen-bond donors (Lipinski definition) is 0. The predicted octanol–water partition coefficient (Wildman–Crippen LogP) is 2.96. The summed E-state index contributed by atoms with van der Waals surface area (Å²) in [6.07, 6.45) is 3.78. The lowest BCUT2D eigenvalue weighted by Gasteiger charge is -2.25. The van der Waals surface area contributed by atoms with Gasteiger partial charge in [0.15, 0.2) is 0 Å². The molecule has 1 aliphatic carbocycles. The molecule has 3 rings (SSSR count). The first-order valence-corrected chi connectivity index (χ1v) is 5.70. The van der Waals surface area contributed by atoms with E-state index in [4.69, 9.17) is 4.84 Å². The van der Waals surface area contributed by atoms with Crippen LogP contribution >= 0.6 is 0 Å². The maximum Gasteiger partial charge on any atom is 0.125 e. The summed E-state index contributed by atoms with van der Waals surface area (Å²) < 4.78 is 0. The molecule has 0 spiro atoms. The molecule has 1 aliphatic heterocycles. The molecule has 2 nitrogen and oxygen atoms in total. The normalized spacial score (nSPS) is 29.2. The van der Waals surface area contributed by atoms with E-state index in [9.17, 15) is 0 Å². The van der Waals surface area contributed by atoms with Crippen LogP contribution in [0.1, 0.15) is 30.7 Å². The number of oxime groups is 1. The molecule has 1 heterocycles. The van der Waals surface area contributed by atoms with E-state index >= 15 is 0 Å². The van der Waals surface area contributed by atoms with E-state index in [1.807, 2.05) is 0 Å². The van der Waals surface area contributed by atoms with E-state index in [-0.39, 0.29) is 0 Å². The minimum atomic E-state index is 0.507. The summed E-state index contributed by atoms with van der Waals surface area (Å²) in [5.41, 5.74) is 2.68. The van der Waals surface area contributed by atoms with Crippen LogP contribution in [0.2, 0.25) is 0 Å². The highest BCUT2D eigenvalue weighted by molar-refractivity contribution is 5.94. The number of benzene rings is 1. The SMILES string of the molecule is c1ccc([C@@H]2CCC[C@H]3CON=C32)cc1. The van der Waals surface area contributed by atoms with E-state index in [1.165, 1.54) is 30.5 Å². The van der Waals surface area contributed by atoms with Gasteiger partial charge >= 0.3 is 0 Å². The zero-order valence-electron chi connectivity index (χ0n) is 8.73. The van der Waals surface area contributed by atoms with Gasteiger partial charge in [-0.2, -0.15) is 0 Å². The fraction of sp³-hybridized carbons (Fsp3) is 0.462. The second-order valence-corrected chi connectivity index (χ2v) is 4.40. The Morgan fingerprint density at radius 2 is 2.00 bits per heavy atom. The summed E-state index contributed by atoms with van der Waals surface area (Å²) in [5.74, 6) is 1.09. The zero-order valence-corrected chi connectivity index (χ0v) is 8.73. The summed E-state index contributed by atoms with van der Waals surface area (Å²) in [4.78, 5) is 5.23. The molecule has 2 aliphatic rings. The lowest BCUT2D eigenvalue weighted by molar-refractivity contribution is 0.152. The summed E-state index contributed by atoms with van der Waals surface area (Å²) >= 11 is 0. The molecule has 0 N–H and O–H groups in total. The van der Waals surface area contributed by atoms with Crippen molar-refractivity contribution >= 4 is 5.71 Å². The Hall–Kier alpha value is -1.31. The molecule has 2 heteroatoms. The highest BCUT2D eigenvalue weighted by Gasteiger charge is 2.34. The maximum atomic E-state index is 5.23. The van der Waals surface area contributed by atoms with Gasteiger partial charge in [-0.05, 0) is 18.4 Å². The highest BCUT2D eigenvalue weighted by Crippen LogP contribution is 2.36. The number of nitrogens with zero attached hydrogens (tertiary/aromatic N) is 1. The van der Waals surface area contributed by atoms with Crippen molar-refractivity contribution < 1.29 is 4.84 Å². The molecule has 1 fully saturated rings. The topological polar surface area (TPSA) is 21.6 Å². The van der Waals surface area contributed by atoms with Crippen molar-refractivity contribution in [2.75, 3.05) is 6.61 Å². The molecule has 15 heavy (non-hydrogen) atoms. The molecule has 0 aromatic heterocycles. The average Bonchev–Trinajstić information content (AvgIpc) is 2.78. The minimum absolute atomic E-state index is 0.507. The third-order valence-corrected chi connectivity index (χ3v) is 3.47. The van der Waals surface area contributed by atoms with Gasteiger partial charge in [-0.3, -0.25) is 0 Å². The van der Waals surface area contributed by atoms with E-state index in [0.29, 0.717) is 11.8 Å². The standard InChI is InChI=1S/C13H15NO/c1-2-5-10(6-3-1)12-8-4-7-11-9-15-14-13(11)12/h1-3,5-6,11-12H,4,7-9H2/t11-,12-/m0/s1. The third kappa shape index (κ3) is 1.54. The second-order valence-electron chi connectivity index (χ2n) is 4.40. The van der Waals surface area contributed by atoms with Gasteiger partial charge in [0.05, 0.1) is 5.71 Å². The number of fused-ring (bicyclic) bond motifs is 1. The van der Waals surface area contributed by atoms with Crippen molar-refractivity contribution in [3.8, 4) is 0 Å². The van der Waals surface area contributed by atoms with Crippen molar-refractivity contribution in [1.29, 1.82) is 0 Å². The first-order valence-electron chi connectivity index (χ1n) is 5.70. The molecule has 1 aromatic carbocycles. The molecule has 0 saturated heterocycles. The van der Waals surface area contributed by atoms with Crippen LogP contribution in [-0.4, -0.2) is 12.3 Å². The summed E-state index contributed by atoms with van der Waals surface area (Å²) in [6, 6.07) is 10.7. The predicted molar refractivity (Wildman–Crippen MR) is 59.9 cm³/mol. The molecule has 0 bridgehead atoms. The van der Waals surface area contributed by atoms with Crippen molar-refractivity contribution in [2.24, 2.45) is 11.1 Å². The van der Waals surface area contributed by atoms with Gasteiger partial charge in [-0.15, -0.1) is 0 Å². The maximum absolute atomic E-state index is 5.23. The number of rotatable bonds is 1. The number of hydrogen-bond acceptors (Lipinski definition) is 2. The van der Waals surface area contributed by atoms with Crippen molar-refractivity contribution in [3.05, 3.63) is 35.9 Å². The van der Waals surface area contributed by atoms with Gasteiger partial charge in [0.1, 0.15) is 6.61 Å². The van der Waals surface area contributed by atoms with Gasteiger partial charge < -0.3 is 4.84 Å². The van der Waals surface area contributed by atoms with Crippen LogP contribution < -0.4 is 0 Å². The van der Waals surface area contributed by atoms with E-state index < -0.39 is 0 Å². The summed E-state index contributed by atoms with van der Waals surface area (Å²) in [5, 5.41) is 4.23. The molecule has 78 valence electrons. The largest absolute Gasteiger partial charge is 0.395 e. The van der Waals surface area contributed by atoms with Crippen molar-refractivity contribution in [3.63, 3.8) is 0 Å². The summed E-state index contributed by atoms with van der Waals surface area (Å²) in [7, 11) is 0. The Morgan fingerprint density at radius 3 is 2.87 bits per heavy atom. The fourth-order valence-corrected chi connectivity index (χ4v) is 2.68. The monoisotopic (exact) mass is 201 g/mol. The van der Waals surface area contributed by atoms with Crippen LogP contribution in [0.3, 0.4) is 0 Å². The smallest absolute Gasteiger partial charge is 0.125 e. The molecule has 2 atom stereocenters. The second kappa shape index (κ2) is 3.69. The van der Waals surface area contributed by atoms with Crippen molar-refractivity contribution in [2.45, 2.75) is 25.2 Å². The molecular formula is C13H15NO. The molecule has 0 unspecified atom stereocenters. The van der Waals surface area contributed by atoms with E-state index in [0.717, 1.165) is 6.61 Å². The quantitative estimate of drug-likeness (QED) is 0.684. The first-order chi connectivity index (χ1) is 7.45. The molecule has 0 amide bonds. The lowest BCUT2D eigenvalue weighted by atomic mass is 9.77. The van der Waals surface area contributed by atoms with Gasteiger partial charge in [0, 0.05) is 11.8 Å². The van der Waals surface area contributed by atoms with Crippen LogP contribution in [0.15, 0.2) is 35.5 Å². The van der Waals surface area contributed by atoms with Crippen molar-refractivity contribution in [1.82, 2.24) is 0 Å². The third-order valence-electron chi connectivity index (χ3n) is 3.47. The summed E-state index contributed by atoms with van der Waals surface area (Å²) in [6.45, 7) is 0.804. The Balaban J connectivity index is 1.92. The minimum Gasteiger partial charge on any atom is -0.395 e. The molecule has 0 radical (unpaired) electrons. The Labute approximate surface area is 89.9 Å². The first kappa shape index (κ1) is 8.96. The van der Waals surface area contributed by atoms with Crippen LogP contribution in [0.4, 0.5) is 0 Å². The van der Waals surface area contributed by atoms with Gasteiger partial charge in [0.25, 0.3) is 0 Å². The Kier molecular flexibility index (Phi) is 2.20. The Bertz CT molecular complexity index is 371. The Morgan fingerprint density at radius 1 is 1.13 bits per heavy atom. The van der Waals surface area contributed by atoms with Crippen LogP contribution in [0.5, 0.6) is 0 Å². The van der Waals surface area contributed by atoms with Crippen LogP contribution in [0.25, 0.3) is 0 Å². The van der Waals surface area contributed by atoms with Crippen LogP contribution in [0, 0.1) is 5.92 Å². The van der Waals surface area contributed by atoms with Gasteiger partial charge in [0.2, 0.25) is 0 Å². The molecule has 1 saturated carbocycles. The highest BCUT2D eigenvalue weighted by atomic mass is 16.6. The van der Waals surface area contributed by atoms with E-state index in [2.05, 4.69) is 35.5 Å². The lowest BCUT2D eigenvalue weighted by Crippen LogP contribution is -2.25. The van der Waals surface area contributed by atoms with Gasteiger partial charge in [-0.25, -0.2) is 0 Å².